The first-order chi connectivity index (χ1) is 5.81. The molecular weight excluding hydrogens is 230 g/mol. The van der Waals surface area contributed by atoms with Gasteiger partial charge in [-0.1, -0.05) is 20.8 Å². The molecule has 0 saturated heterocycles. The SMILES string of the molecule is Cc1nc(N)c(Br)n1CC(C)(C)C. The van der Waals surface area contributed by atoms with Crippen molar-refractivity contribution in [3.63, 3.8) is 0 Å². The summed E-state index contributed by atoms with van der Waals surface area (Å²) in [5.41, 5.74) is 5.92. The number of nitrogens with zero attached hydrogens (tertiary/aromatic N) is 2. The highest BCUT2D eigenvalue weighted by Crippen LogP contribution is 2.25. The summed E-state index contributed by atoms with van der Waals surface area (Å²) < 4.78 is 2.98. The molecule has 0 bridgehead atoms. The molecule has 0 saturated carbocycles. The Kier molecular flexibility index (Phi) is 2.71. The minimum atomic E-state index is 0.237. The molecule has 4 heteroatoms. The van der Waals surface area contributed by atoms with Crippen LogP contribution in [0.2, 0.25) is 0 Å². The van der Waals surface area contributed by atoms with Gasteiger partial charge in [0, 0.05) is 6.54 Å². The molecule has 13 heavy (non-hydrogen) atoms. The third-order valence-corrected chi connectivity index (χ3v) is 2.59. The maximum absolute atomic E-state index is 5.68. The Hall–Kier alpha value is -0.510. The number of hydrogen-bond acceptors (Lipinski definition) is 2. The molecular formula is C9H16BrN3. The molecule has 0 radical (unpaired) electrons. The first kappa shape index (κ1) is 10.6. The van der Waals surface area contributed by atoms with E-state index in [1.54, 1.807) is 0 Å². The van der Waals surface area contributed by atoms with Gasteiger partial charge in [0.05, 0.1) is 0 Å². The average molecular weight is 246 g/mol. The highest BCUT2D eigenvalue weighted by Gasteiger charge is 2.16. The van der Waals surface area contributed by atoms with E-state index in [0.29, 0.717) is 5.82 Å². The van der Waals surface area contributed by atoms with Crippen LogP contribution in [0.5, 0.6) is 0 Å². The Balaban J connectivity index is 3.01. The molecule has 0 spiro atoms. The Labute approximate surface area is 87.5 Å². The summed E-state index contributed by atoms with van der Waals surface area (Å²) in [6.45, 7) is 9.45. The number of nitrogens with two attached hydrogens (primary N) is 1. The van der Waals surface area contributed by atoms with Gasteiger partial charge in [-0.2, -0.15) is 0 Å². The summed E-state index contributed by atoms with van der Waals surface area (Å²) in [6.07, 6.45) is 0. The van der Waals surface area contributed by atoms with E-state index in [4.69, 9.17) is 5.73 Å². The fourth-order valence-corrected chi connectivity index (χ4v) is 1.69. The van der Waals surface area contributed by atoms with Gasteiger partial charge in [0.2, 0.25) is 0 Å². The van der Waals surface area contributed by atoms with E-state index in [-0.39, 0.29) is 5.41 Å². The lowest BCUT2D eigenvalue weighted by molar-refractivity contribution is 0.337. The Morgan fingerprint density at radius 1 is 1.46 bits per heavy atom. The fourth-order valence-electron chi connectivity index (χ4n) is 1.22. The summed E-state index contributed by atoms with van der Waals surface area (Å²) in [7, 11) is 0. The second-order valence-electron chi connectivity index (χ2n) is 4.48. The van der Waals surface area contributed by atoms with Gasteiger partial charge in [0.25, 0.3) is 0 Å². The van der Waals surface area contributed by atoms with Crippen LogP contribution >= 0.6 is 15.9 Å². The first-order valence-corrected chi connectivity index (χ1v) is 5.08. The number of imidazole rings is 1. The number of hydrogen-bond donors (Lipinski definition) is 1. The van der Waals surface area contributed by atoms with Crippen LogP contribution in [0.1, 0.15) is 26.6 Å². The van der Waals surface area contributed by atoms with Crippen LogP contribution < -0.4 is 5.73 Å². The molecule has 0 aliphatic carbocycles. The lowest BCUT2D eigenvalue weighted by Gasteiger charge is -2.20. The highest BCUT2D eigenvalue weighted by molar-refractivity contribution is 9.10. The summed E-state index contributed by atoms with van der Waals surface area (Å²) in [6, 6.07) is 0. The average Bonchev–Trinajstić information content (AvgIpc) is 2.14. The number of anilines is 1. The first-order valence-electron chi connectivity index (χ1n) is 4.29. The van der Waals surface area contributed by atoms with Crippen LogP contribution in [0, 0.1) is 12.3 Å². The van der Waals surface area contributed by atoms with E-state index < -0.39 is 0 Å². The van der Waals surface area contributed by atoms with Crippen molar-refractivity contribution in [2.45, 2.75) is 34.2 Å². The van der Waals surface area contributed by atoms with Crippen LogP contribution in [0.15, 0.2) is 4.60 Å². The molecule has 1 aromatic heterocycles. The molecule has 0 aliphatic heterocycles. The van der Waals surface area contributed by atoms with Crippen molar-refractivity contribution in [1.82, 2.24) is 9.55 Å². The van der Waals surface area contributed by atoms with Crippen LogP contribution in [-0.4, -0.2) is 9.55 Å². The van der Waals surface area contributed by atoms with Gasteiger partial charge in [-0.3, -0.25) is 0 Å². The minimum absolute atomic E-state index is 0.237. The molecule has 3 nitrogen and oxygen atoms in total. The lowest BCUT2D eigenvalue weighted by Crippen LogP contribution is -2.16. The number of aryl methyl sites for hydroxylation is 1. The van der Waals surface area contributed by atoms with Crippen molar-refractivity contribution in [1.29, 1.82) is 0 Å². The van der Waals surface area contributed by atoms with Gasteiger partial charge >= 0.3 is 0 Å². The molecule has 0 aliphatic rings. The summed E-state index contributed by atoms with van der Waals surface area (Å²) in [5.74, 6) is 1.53. The second-order valence-corrected chi connectivity index (χ2v) is 5.23. The van der Waals surface area contributed by atoms with Crippen molar-refractivity contribution >= 4 is 21.7 Å². The number of halogens is 1. The smallest absolute Gasteiger partial charge is 0.156 e. The minimum Gasteiger partial charge on any atom is -0.381 e. The van der Waals surface area contributed by atoms with Gasteiger partial charge in [-0.15, -0.1) is 0 Å². The summed E-state index contributed by atoms with van der Waals surface area (Å²) >= 11 is 3.43. The Morgan fingerprint density at radius 2 is 2.00 bits per heavy atom. The van der Waals surface area contributed by atoms with Gasteiger partial charge in [-0.25, -0.2) is 4.98 Å². The summed E-state index contributed by atoms with van der Waals surface area (Å²) in [4.78, 5) is 4.19. The highest BCUT2D eigenvalue weighted by atomic mass is 79.9. The molecule has 0 amide bonds. The van der Waals surface area contributed by atoms with Crippen molar-refractivity contribution in [2.75, 3.05) is 5.73 Å². The van der Waals surface area contributed by atoms with Gasteiger partial charge in [0.1, 0.15) is 10.4 Å². The summed E-state index contributed by atoms with van der Waals surface area (Å²) in [5, 5.41) is 0. The molecule has 0 atom stereocenters. The van der Waals surface area contributed by atoms with Crippen LogP contribution in [0.4, 0.5) is 5.82 Å². The molecule has 0 unspecified atom stereocenters. The quantitative estimate of drug-likeness (QED) is 0.827. The van der Waals surface area contributed by atoms with Crippen molar-refractivity contribution in [2.24, 2.45) is 5.41 Å². The van der Waals surface area contributed by atoms with Crippen LogP contribution in [-0.2, 0) is 6.54 Å². The molecule has 1 aromatic rings. The fraction of sp³-hybridized carbons (Fsp3) is 0.667. The second kappa shape index (κ2) is 3.33. The largest absolute Gasteiger partial charge is 0.381 e. The predicted molar refractivity (Wildman–Crippen MR) is 58.5 cm³/mol. The standard InChI is InChI=1S/C9H16BrN3/c1-6-12-8(11)7(10)13(6)5-9(2,3)4/h5,11H2,1-4H3. The lowest BCUT2D eigenvalue weighted by atomic mass is 9.97. The van der Waals surface area contributed by atoms with Crippen molar-refractivity contribution in [3.05, 3.63) is 10.4 Å². The molecule has 0 aromatic carbocycles. The third-order valence-electron chi connectivity index (χ3n) is 1.75. The van der Waals surface area contributed by atoms with E-state index in [1.807, 2.05) is 6.92 Å². The van der Waals surface area contributed by atoms with Crippen molar-refractivity contribution in [3.8, 4) is 0 Å². The Bertz CT molecular complexity index is 309. The van der Waals surface area contributed by atoms with Crippen LogP contribution in [0.25, 0.3) is 0 Å². The Morgan fingerprint density at radius 3 is 2.31 bits per heavy atom. The normalized spacial score (nSPS) is 12.1. The van der Waals surface area contributed by atoms with Gasteiger partial charge < -0.3 is 10.3 Å². The van der Waals surface area contributed by atoms with E-state index in [9.17, 15) is 0 Å². The maximum Gasteiger partial charge on any atom is 0.156 e. The van der Waals surface area contributed by atoms with Crippen LogP contribution in [0.3, 0.4) is 0 Å². The van der Waals surface area contributed by atoms with Gasteiger partial charge in [0.15, 0.2) is 5.82 Å². The molecule has 0 fully saturated rings. The molecule has 74 valence electrons. The van der Waals surface area contributed by atoms with E-state index in [0.717, 1.165) is 17.0 Å². The van der Waals surface area contributed by atoms with Crippen molar-refractivity contribution < 1.29 is 0 Å². The maximum atomic E-state index is 5.68. The van der Waals surface area contributed by atoms with E-state index in [1.165, 1.54) is 0 Å². The molecule has 1 rings (SSSR count). The monoisotopic (exact) mass is 245 g/mol. The number of aromatic nitrogens is 2. The third kappa shape index (κ3) is 2.46. The topological polar surface area (TPSA) is 43.8 Å². The molecule has 2 N–H and O–H groups in total. The zero-order valence-corrected chi connectivity index (χ0v) is 10.1. The molecule has 1 heterocycles. The van der Waals surface area contributed by atoms with E-state index in [2.05, 4.69) is 46.3 Å². The number of nitrogen functional groups attached to an aromatic ring is 1. The predicted octanol–water partition coefficient (Wildman–Crippen LogP) is 2.58. The van der Waals surface area contributed by atoms with Gasteiger partial charge in [-0.05, 0) is 28.3 Å². The van der Waals surface area contributed by atoms with E-state index >= 15 is 0 Å². The zero-order chi connectivity index (χ0) is 10.2. The zero-order valence-electron chi connectivity index (χ0n) is 8.56. The number of rotatable bonds is 1.